The normalized spacial score (nSPS) is 10.8. The number of nitrogens with zero attached hydrogens (tertiary/aromatic N) is 3. The number of anilines is 1. The topological polar surface area (TPSA) is 66.5 Å². The quantitative estimate of drug-likeness (QED) is 0.756. The third-order valence-corrected chi connectivity index (χ3v) is 2.91. The van der Waals surface area contributed by atoms with E-state index >= 15 is 0 Å². The van der Waals surface area contributed by atoms with E-state index in [-0.39, 0.29) is 5.82 Å². The highest BCUT2D eigenvalue weighted by molar-refractivity contribution is 5.81. The van der Waals surface area contributed by atoms with Crippen LogP contribution < -0.4 is 5.32 Å². The Balaban J connectivity index is 1.82. The molecule has 0 aliphatic carbocycles. The third-order valence-electron chi connectivity index (χ3n) is 2.91. The summed E-state index contributed by atoms with van der Waals surface area (Å²) in [5.74, 6) is 0.430. The molecule has 6 heteroatoms. The molecule has 2 aromatic heterocycles. The smallest absolute Gasteiger partial charge is 0.162 e. The molecule has 0 spiro atoms. The molecule has 0 radical (unpaired) electrons. The summed E-state index contributed by atoms with van der Waals surface area (Å²) in [4.78, 5) is 15.2. The molecule has 0 amide bonds. The number of rotatable bonds is 3. The first kappa shape index (κ1) is 11.6. The van der Waals surface area contributed by atoms with Crippen molar-refractivity contribution < 1.29 is 4.39 Å². The maximum atomic E-state index is 13.4. The number of H-pyrrole nitrogens is 1. The highest BCUT2D eigenvalue weighted by Crippen LogP contribution is 2.16. The molecule has 0 saturated heterocycles. The summed E-state index contributed by atoms with van der Waals surface area (Å²) in [6.07, 6.45) is 3.02. The van der Waals surface area contributed by atoms with Crippen molar-refractivity contribution >= 4 is 17.0 Å². The summed E-state index contributed by atoms with van der Waals surface area (Å²) in [6.45, 7) is 2.22. The van der Waals surface area contributed by atoms with Gasteiger partial charge in [0.15, 0.2) is 11.5 Å². The molecule has 5 nitrogen and oxygen atoms in total. The first-order valence-electron chi connectivity index (χ1n) is 5.87. The first-order valence-corrected chi connectivity index (χ1v) is 5.87. The minimum Gasteiger partial charge on any atom is -0.364 e. The van der Waals surface area contributed by atoms with Gasteiger partial charge in [-0.3, -0.25) is 0 Å². The Bertz CT molecular complexity index is 722. The van der Waals surface area contributed by atoms with E-state index < -0.39 is 0 Å². The minimum absolute atomic E-state index is 0.202. The lowest BCUT2D eigenvalue weighted by molar-refractivity contribution is 0.616. The van der Waals surface area contributed by atoms with Gasteiger partial charge in [-0.25, -0.2) is 19.3 Å². The fourth-order valence-electron chi connectivity index (χ4n) is 1.83. The van der Waals surface area contributed by atoms with E-state index in [4.69, 9.17) is 0 Å². The Hall–Kier alpha value is -2.50. The highest BCUT2D eigenvalue weighted by atomic mass is 19.1. The van der Waals surface area contributed by atoms with Crippen molar-refractivity contribution in [3.63, 3.8) is 0 Å². The molecule has 0 fully saturated rings. The maximum Gasteiger partial charge on any atom is 0.162 e. The number of imidazole rings is 1. The molecule has 2 heterocycles. The van der Waals surface area contributed by atoms with Gasteiger partial charge in [-0.2, -0.15) is 0 Å². The van der Waals surface area contributed by atoms with Crippen LogP contribution >= 0.6 is 0 Å². The van der Waals surface area contributed by atoms with Crippen LogP contribution in [0.15, 0.2) is 30.9 Å². The zero-order chi connectivity index (χ0) is 13.2. The molecular formula is C13H12FN5. The predicted octanol–water partition coefficient (Wildman–Crippen LogP) is 2.41. The fourth-order valence-corrected chi connectivity index (χ4v) is 1.83. The number of halogens is 1. The van der Waals surface area contributed by atoms with Crippen LogP contribution in [-0.4, -0.2) is 19.9 Å². The van der Waals surface area contributed by atoms with Gasteiger partial charge in [-0.1, -0.05) is 12.1 Å². The monoisotopic (exact) mass is 257 g/mol. The predicted molar refractivity (Wildman–Crippen MR) is 70.1 cm³/mol. The molecule has 0 saturated carbocycles. The van der Waals surface area contributed by atoms with Crippen LogP contribution in [-0.2, 0) is 6.54 Å². The Morgan fingerprint density at radius 1 is 1.26 bits per heavy atom. The molecule has 0 unspecified atom stereocenters. The number of aryl methyl sites for hydroxylation is 1. The van der Waals surface area contributed by atoms with E-state index in [1.54, 1.807) is 19.3 Å². The minimum atomic E-state index is -0.202. The van der Waals surface area contributed by atoms with Crippen molar-refractivity contribution in [3.05, 3.63) is 47.8 Å². The van der Waals surface area contributed by atoms with Crippen molar-refractivity contribution in [1.82, 2.24) is 19.9 Å². The van der Waals surface area contributed by atoms with Gasteiger partial charge in [-0.05, 0) is 24.1 Å². The Labute approximate surface area is 108 Å². The van der Waals surface area contributed by atoms with Gasteiger partial charge in [0, 0.05) is 6.54 Å². The fraction of sp³-hybridized carbons (Fsp3) is 0.154. The van der Waals surface area contributed by atoms with Crippen molar-refractivity contribution in [2.24, 2.45) is 0 Å². The van der Waals surface area contributed by atoms with Crippen LogP contribution in [0.5, 0.6) is 0 Å². The van der Waals surface area contributed by atoms with Crippen LogP contribution in [0.1, 0.15) is 11.1 Å². The largest absolute Gasteiger partial charge is 0.364 e. The van der Waals surface area contributed by atoms with Crippen LogP contribution in [0, 0.1) is 12.7 Å². The second-order valence-electron chi connectivity index (χ2n) is 4.26. The highest BCUT2D eigenvalue weighted by Gasteiger charge is 2.06. The second kappa shape index (κ2) is 4.64. The number of benzene rings is 1. The molecule has 96 valence electrons. The number of aromatic nitrogens is 4. The molecule has 0 bridgehead atoms. The summed E-state index contributed by atoms with van der Waals surface area (Å²) in [5.41, 5.74) is 2.84. The molecule has 19 heavy (non-hydrogen) atoms. The van der Waals surface area contributed by atoms with E-state index in [0.29, 0.717) is 29.1 Å². The number of nitrogens with one attached hydrogen (secondary N) is 2. The molecule has 0 atom stereocenters. The second-order valence-corrected chi connectivity index (χ2v) is 4.26. The van der Waals surface area contributed by atoms with Gasteiger partial charge >= 0.3 is 0 Å². The number of aromatic amines is 1. The molecule has 3 rings (SSSR count). The van der Waals surface area contributed by atoms with E-state index in [1.807, 2.05) is 6.07 Å². The summed E-state index contributed by atoms with van der Waals surface area (Å²) >= 11 is 0. The third kappa shape index (κ3) is 2.24. The standard InChI is InChI=1S/C13H12FN5/c1-8-2-3-9(4-10(8)14)5-15-12-11-13(17-6-16-11)19-7-18-12/h2-4,6-7H,5H2,1H3,(H2,15,16,17,18,19). The van der Waals surface area contributed by atoms with E-state index in [1.165, 1.54) is 12.4 Å². The summed E-state index contributed by atoms with van der Waals surface area (Å²) in [7, 11) is 0. The summed E-state index contributed by atoms with van der Waals surface area (Å²) in [5, 5.41) is 3.14. The molecule has 3 aromatic rings. The van der Waals surface area contributed by atoms with Gasteiger partial charge < -0.3 is 10.3 Å². The van der Waals surface area contributed by atoms with Crippen LogP contribution in [0.2, 0.25) is 0 Å². The molecule has 2 N–H and O–H groups in total. The summed E-state index contributed by atoms with van der Waals surface area (Å²) < 4.78 is 13.4. The first-order chi connectivity index (χ1) is 9.24. The molecule has 0 aliphatic heterocycles. The summed E-state index contributed by atoms with van der Waals surface area (Å²) in [6, 6.07) is 5.16. The van der Waals surface area contributed by atoms with Gasteiger partial charge in [0.05, 0.1) is 6.33 Å². The van der Waals surface area contributed by atoms with E-state index in [2.05, 4.69) is 25.3 Å². The number of hydrogen-bond donors (Lipinski definition) is 2. The van der Waals surface area contributed by atoms with Crippen LogP contribution in [0.4, 0.5) is 10.2 Å². The van der Waals surface area contributed by atoms with Crippen LogP contribution in [0.3, 0.4) is 0 Å². The average Bonchev–Trinajstić information content (AvgIpc) is 2.89. The molecule has 0 aliphatic rings. The lowest BCUT2D eigenvalue weighted by Crippen LogP contribution is -2.03. The van der Waals surface area contributed by atoms with Crippen molar-refractivity contribution in [2.45, 2.75) is 13.5 Å². The molecular weight excluding hydrogens is 245 g/mol. The van der Waals surface area contributed by atoms with Crippen molar-refractivity contribution in [3.8, 4) is 0 Å². The van der Waals surface area contributed by atoms with Crippen molar-refractivity contribution in [1.29, 1.82) is 0 Å². The van der Waals surface area contributed by atoms with Gasteiger partial charge in [0.2, 0.25) is 0 Å². The van der Waals surface area contributed by atoms with E-state index in [9.17, 15) is 4.39 Å². The average molecular weight is 257 g/mol. The van der Waals surface area contributed by atoms with E-state index in [0.717, 1.165) is 5.56 Å². The van der Waals surface area contributed by atoms with Gasteiger partial charge in [-0.15, -0.1) is 0 Å². The van der Waals surface area contributed by atoms with Crippen LogP contribution in [0.25, 0.3) is 11.2 Å². The maximum absolute atomic E-state index is 13.4. The zero-order valence-electron chi connectivity index (χ0n) is 10.3. The lowest BCUT2D eigenvalue weighted by Gasteiger charge is -2.06. The van der Waals surface area contributed by atoms with Crippen molar-refractivity contribution in [2.75, 3.05) is 5.32 Å². The SMILES string of the molecule is Cc1ccc(CNc2ncnc3[nH]cnc23)cc1F. The van der Waals surface area contributed by atoms with Gasteiger partial charge in [0.1, 0.15) is 17.7 Å². The zero-order valence-corrected chi connectivity index (χ0v) is 10.3. The van der Waals surface area contributed by atoms with Gasteiger partial charge in [0.25, 0.3) is 0 Å². The Morgan fingerprint density at radius 2 is 2.16 bits per heavy atom. The Kier molecular flexibility index (Phi) is 2.83. The lowest BCUT2D eigenvalue weighted by atomic mass is 10.1. The number of hydrogen-bond acceptors (Lipinski definition) is 4. The Morgan fingerprint density at radius 3 is 3.00 bits per heavy atom. The number of fused-ring (bicyclic) bond motifs is 1. The molecule has 1 aromatic carbocycles.